The molecule has 0 aromatic heterocycles. The van der Waals surface area contributed by atoms with Crippen molar-refractivity contribution in [1.29, 1.82) is 0 Å². The van der Waals surface area contributed by atoms with E-state index in [4.69, 9.17) is 0 Å². The van der Waals surface area contributed by atoms with Crippen LogP contribution in [0.3, 0.4) is 0 Å². The second-order valence-corrected chi connectivity index (χ2v) is 9.18. The van der Waals surface area contributed by atoms with Gasteiger partial charge in [-0.2, -0.15) is 0 Å². The van der Waals surface area contributed by atoms with Crippen molar-refractivity contribution in [3.05, 3.63) is 30.1 Å². The number of hydrogen-bond acceptors (Lipinski definition) is 2. The number of nitrogens with zero attached hydrogens (tertiary/aromatic N) is 2. The van der Waals surface area contributed by atoms with Gasteiger partial charge in [0, 0.05) is 38.3 Å². The third-order valence-electron chi connectivity index (χ3n) is 7.91. The molecule has 140 valence electrons. The van der Waals surface area contributed by atoms with Gasteiger partial charge in [-0.15, -0.1) is 0 Å². The monoisotopic (exact) mass is 356 g/mol. The number of carbonyl (C=O) groups excluding carboxylic acids is 1. The highest BCUT2D eigenvalue weighted by molar-refractivity contribution is 5.92. The summed E-state index contributed by atoms with van der Waals surface area (Å²) in [4.78, 5) is 16.7. The second-order valence-electron chi connectivity index (χ2n) is 9.18. The van der Waals surface area contributed by atoms with Crippen molar-refractivity contribution in [2.45, 2.75) is 51.5 Å². The van der Waals surface area contributed by atoms with Crippen LogP contribution >= 0.6 is 0 Å². The van der Waals surface area contributed by atoms with E-state index in [1.165, 1.54) is 44.4 Å². The Kier molecular flexibility index (Phi) is 3.89. The Morgan fingerprint density at radius 3 is 2.50 bits per heavy atom. The molecule has 1 aliphatic heterocycles. The first-order valence-corrected chi connectivity index (χ1v) is 10.3. The van der Waals surface area contributed by atoms with Gasteiger partial charge in [-0.3, -0.25) is 4.79 Å². The van der Waals surface area contributed by atoms with Crippen LogP contribution in [0.2, 0.25) is 0 Å². The molecule has 4 heteroatoms. The highest BCUT2D eigenvalue weighted by Crippen LogP contribution is 2.77. The minimum atomic E-state index is -0.254. The van der Waals surface area contributed by atoms with Crippen LogP contribution in [-0.2, 0) is 4.79 Å². The van der Waals surface area contributed by atoms with Crippen molar-refractivity contribution in [2.24, 2.45) is 23.2 Å². The molecule has 0 radical (unpaired) electrons. The largest absolute Gasteiger partial charge is 0.310 e. The maximum atomic E-state index is 13.2. The average Bonchev–Trinajstić information content (AvgIpc) is 3.27. The topological polar surface area (TPSA) is 23.6 Å². The Bertz CT molecular complexity index is 695. The maximum Gasteiger partial charge on any atom is 0.224 e. The van der Waals surface area contributed by atoms with Crippen LogP contribution in [0.25, 0.3) is 0 Å². The van der Waals surface area contributed by atoms with Crippen molar-refractivity contribution in [1.82, 2.24) is 4.90 Å². The van der Waals surface area contributed by atoms with E-state index in [-0.39, 0.29) is 17.8 Å². The Balaban J connectivity index is 1.18. The summed E-state index contributed by atoms with van der Waals surface area (Å²) in [5.41, 5.74) is 1.64. The van der Waals surface area contributed by atoms with Crippen LogP contribution < -0.4 is 4.90 Å². The van der Waals surface area contributed by atoms with Crippen molar-refractivity contribution >= 4 is 11.6 Å². The maximum absolute atomic E-state index is 13.2. The fourth-order valence-corrected chi connectivity index (χ4v) is 6.62. The summed E-state index contributed by atoms with van der Waals surface area (Å²) in [6.45, 7) is 5.04. The lowest BCUT2D eigenvalue weighted by molar-refractivity contribution is -0.117. The van der Waals surface area contributed by atoms with E-state index in [9.17, 15) is 9.18 Å². The van der Waals surface area contributed by atoms with Gasteiger partial charge >= 0.3 is 0 Å². The molecule has 4 atom stereocenters. The first-order chi connectivity index (χ1) is 12.6. The molecule has 1 aromatic rings. The smallest absolute Gasteiger partial charge is 0.224 e. The fraction of sp³-hybridized carbons (Fsp3) is 0.682. The summed E-state index contributed by atoms with van der Waals surface area (Å²) in [7, 11) is 0. The molecule has 5 rings (SSSR count). The zero-order valence-corrected chi connectivity index (χ0v) is 15.7. The minimum absolute atomic E-state index is 0.0572. The summed E-state index contributed by atoms with van der Waals surface area (Å²) in [6.07, 6.45) is 8.02. The highest BCUT2D eigenvalue weighted by Gasteiger charge is 2.70. The van der Waals surface area contributed by atoms with E-state index in [1.54, 1.807) is 19.1 Å². The van der Waals surface area contributed by atoms with Crippen molar-refractivity contribution < 1.29 is 9.18 Å². The van der Waals surface area contributed by atoms with Crippen LogP contribution in [-0.4, -0.2) is 36.5 Å². The van der Waals surface area contributed by atoms with E-state index in [0.29, 0.717) is 0 Å². The van der Waals surface area contributed by atoms with Crippen molar-refractivity contribution in [3.63, 3.8) is 0 Å². The van der Waals surface area contributed by atoms with Gasteiger partial charge in [-0.25, -0.2) is 4.39 Å². The number of amides is 1. The lowest BCUT2D eigenvalue weighted by atomic mass is 9.62. The van der Waals surface area contributed by atoms with E-state index in [1.807, 2.05) is 4.90 Å². The molecule has 0 bridgehead atoms. The number of carbonyl (C=O) groups is 1. The van der Waals surface area contributed by atoms with Gasteiger partial charge in [0.2, 0.25) is 5.91 Å². The van der Waals surface area contributed by atoms with Crippen LogP contribution in [0.5, 0.6) is 0 Å². The van der Waals surface area contributed by atoms with Gasteiger partial charge in [-0.05, 0) is 86.0 Å². The number of benzene rings is 1. The average molecular weight is 356 g/mol. The number of rotatable bonds is 4. The van der Waals surface area contributed by atoms with Gasteiger partial charge in [0.15, 0.2) is 0 Å². The van der Waals surface area contributed by atoms with Gasteiger partial charge in [0.05, 0.1) is 0 Å². The summed E-state index contributed by atoms with van der Waals surface area (Å²) < 4.78 is 13.2. The Hall–Kier alpha value is -1.42. The molecule has 26 heavy (non-hydrogen) atoms. The van der Waals surface area contributed by atoms with Gasteiger partial charge in [0.25, 0.3) is 0 Å². The molecular formula is C22H29FN2O. The van der Waals surface area contributed by atoms with Crippen LogP contribution in [0.15, 0.2) is 24.3 Å². The van der Waals surface area contributed by atoms with Gasteiger partial charge in [0.1, 0.15) is 5.82 Å². The Labute approximate surface area is 155 Å². The predicted octanol–water partition coefficient (Wildman–Crippen LogP) is 4.08. The molecule has 1 saturated heterocycles. The summed E-state index contributed by atoms with van der Waals surface area (Å²) in [5.74, 6) is 2.85. The third-order valence-corrected chi connectivity index (χ3v) is 7.91. The van der Waals surface area contributed by atoms with Gasteiger partial charge in [-0.1, -0.05) is 0 Å². The van der Waals surface area contributed by atoms with E-state index in [0.717, 1.165) is 54.8 Å². The molecule has 4 aliphatic rings. The minimum Gasteiger partial charge on any atom is -0.310 e. The summed E-state index contributed by atoms with van der Waals surface area (Å²) >= 11 is 0. The molecule has 3 saturated carbocycles. The predicted molar refractivity (Wildman–Crippen MR) is 100 cm³/mol. The Morgan fingerprint density at radius 2 is 1.88 bits per heavy atom. The first kappa shape index (κ1) is 16.7. The fourth-order valence-electron chi connectivity index (χ4n) is 6.62. The number of likely N-dealkylation sites (tertiary alicyclic amines) is 1. The molecule has 3 aliphatic carbocycles. The molecule has 4 fully saturated rings. The standard InChI is InChI=1S/C22H29FN2O/c1-15(26)25(19-5-3-18(23)4-6-19)20-8-10-24(11-9-20)14-16-12-22-13-17(22)2-7-21(16)22/h3-6,16-17,20-21H,2,7-14H2,1H3. The third kappa shape index (κ3) is 2.60. The molecule has 1 heterocycles. The van der Waals surface area contributed by atoms with Crippen LogP contribution in [0.4, 0.5) is 10.1 Å². The lowest BCUT2D eigenvalue weighted by Gasteiger charge is -2.47. The number of halogens is 1. The SMILES string of the molecule is CC(=O)N(c1ccc(F)cc1)C1CCN(CC2CC34CC3CCC24)CC1. The van der Waals surface area contributed by atoms with E-state index in [2.05, 4.69) is 4.90 Å². The van der Waals surface area contributed by atoms with Crippen molar-refractivity contribution in [3.8, 4) is 0 Å². The quantitative estimate of drug-likeness (QED) is 0.812. The van der Waals surface area contributed by atoms with Gasteiger partial charge < -0.3 is 9.80 Å². The van der Waals surface area contributed by atoms with E-state index >= 15 is 0 Å². The second kappa shape index (κ2) is 6.05. The van der Waals surface area contributed by atoms with E-state index < -0.39 is 0 Å². The molecule has 4 unspecified atom stereocenters. The highest BCUT2D eigenvalue weighted by atomic mass is 19.1. The molecular weight excluding hydrogens is 327 g/mol. The molecule has 1 aromatic carbocycles. The summed E-state index contributed by atoms with van der Waals surface area (Å²) in [5, 5.41) is 0. The zero-order chi connectivity index (χ0) is 17.9. The van der Waals surface area contributed by atoms with Crippen LogP contribution in [0.1, 0.15) is 45.4 Å². The number of anilines is 1. The first-order valence-electron chi connectivity index (χ1n) is 10.3. The number of hydrogen-bond donors (Lipinski definition) is 0. The number of piperidine rings is 1. The molecule has 0 N–H and O–H groups in total. The van der Waals surface area contributed by atoms with Crippen LogP contribution in [0, 0.1) is 29.0 Å². The normalized spacial score (nSPS) is 36.2. The molecule has 3 nitrogen and oxygen atoms in total. The Morgan fingerprint density at radius 1 is 1.15 bits per heavy atom. The van der Waals surface area contributed by atoms with Crippen molar-refractivity contribution in [2.75, 3.05) is 24.5 Å². The summed E-state index contributed by atoms with van der Waals surface area (Å²) in [6, 6.07) is 6.58. The lowest BCUT2D eigenvalue weighted by Crippen LogP contribution is -2.50. The molecule has 1 spiro atoms. The zero-order valence-electron chi connectivity index (χ0n) is 15.7. The molecule has 1 amide bonds.